The molecule has 2 aliphatic rings. The van der Waals surface area contributed by atoms with Crippen LogP contribution in [0.2, 0.25) is 0 Å². The summed E-state index contributed by atoms with van der Waals surface area (Å²) in [4.78, 5) is 86.7. The molecule has 2 heterocycles. The van der Waals surface area contributed by atoms with Crippen LogP contribution in [0.25, 0.3) is 11.1 Å². The molecule has 2 fully saturated rings. The van der Waals surface area contributed by atoms with Gasteiger partial charge in [-0.15, -0.1) is 0 Å². The quantitative estimate of drug-likeness (QED) is 0.137. The first-order chi connectivity index (χ1) is 25.4. The molecular formula is C35H49N5O12P2. The standard InChI is InChI=1S/C35H43N5O4.2H3O4P/c1-38(34(42)29-13-11-26(12-14-29)25-40-19-15-28(16-20-40)33(36)41)23-24-39-21-17-30(18-22-39)44-35(43)37-32-10-6-5-9-31(32)27-7-3-2-4-8-27;2*1-5(2,3)4/h2-14,28,30H,15-25H2,1H3,(H2,36,41)(H,37,43);2*(H3,1,2,3,4). The van der Waals surface area contributed by atoms with E-state index in [4.69, 9.17) is 49.0 Å². The Bertz CT molecular complexity index is 1700. The van der Waals surface area contributed by atoms with Gasteiger partial charge in [0, 0.05) is 56.8 Å². The number of phosphoric acid groups is 2. The van der Waals surface area contributed by atoms with E-state index < -0.39 is 21.7 Å². The Balaban J connectivity index is 0.000000695. The zero-order chi connectivity index (χ0) is 39.9. The molecule has 0 bridgehead atoms. The lowest BCUT2D eigenvalue weighted by Gasteiger charge is -2.32. The van der Waals surface area contributed by atoms with Crippen LogP contribution < -0.4 is 11.1 Å². The Morgan fingerprint density at radius 3 is 1.85 bits per heavy atom. The van der Waals surface area contributed by atoms with Crippen molar-refractivity contribution in [1.82, 2.24) is 14.7 Å². The molecule has 2 aliphatic heterocycles. The summed E-state index contributed by atoms with van der Waals surface area (Å²) in [6, 6.07) is 25.5. The minimum Gasteiger partial charge on any atom is -0.446 e. The monoisotopic (exact) mass is 793 g/mol. The minimum absolute atomic E-state index is 0.00416. The van der Waals surface area contributed by atoms with Crippen LogP contribution >= 0.6 is 15.6 Å². The molecule has 9 N–H and O–H groups in total. The van der Waals surface area contributed by atoms with Crippen molar-refractivity contribution in [3.63, 3.8) is 0 Å². The molecule has 0 saturated carbocycles. The van der Waals surface area contributed by atoms with Crippen LogP contribution in [-0.4, -0.2) is 114 Å². The highest BCUT2D eigenvalue weighted by Crippen LogP contribution is 2.28. The molecule has 0 spiro atoms. The Labute approximate surface area is 313 Å². The van der Waals surface area contributed by atoms with E-state index in [1.54, 1.807) is 4.90 Å². The smallest absolute Gasteiger partial charge is 0.446 e. The van der Waals surface area contributed by atoms with Gasteiger partial charge in [-0.05, 0) is 68.1 Å². The molecule has 3 aromatic carbocycles. The van der Waals surface area contributed by atoms with Crippen LogP contribution in [0.5, 0.6) is 0 Å². The van der Waals surface area contributed by atoms with E-state index in [2.05, 4.69) is 15.1 Å². The van der Waals surface area contributed by atoms with Crippen molar-refractivity contribution in [2.75, 3.05) is 51.6 Å². The third kappa shape index (κ3) is 17.4. The summed E-state index contributed by atoms with van der Waals surface area (Å²) in [5.41, 5.74) is 9.99. The number of nitrogens with one attached hydrogen (secondary N) is 1. The Morgan fingerprint density at radius 2 is 1.30 bits per heavy atom. The number of likely N-dealkylation sites (tertiary alicyclic amines) is 2. The molecule has 0 aliphatic carbocycles. The van der Waals surface area contributed by atoms with Gasteiger partial charge in [-0.25, -0.2) is 13.9 Å². The predicted octanol–water partition coefficient (Wildman–Crippen LogP) is 2.98. The number of hydrogen-bond acceptors (Lipinski definition) is 8. The Hall–Kier alpha value is -3.99. The van der Waals surface area contributed by atoms with Gasteiger partial charge in [0.05, 0.1) is 5.69 Å². The second kappa shape index (κ2) is 21.2. The van der Waals surface area contributed by atoms with Crippen molar-refractivity contribution in [3.8, 4) is 11.1 Å². The third-order valence-corrected chi connectivity index (χ3v) is 8.75. The molecular weight excluding hydrogens is 744 g/mol. The fraction of sp³-hybridized carbons (Fsp3) is 0.400. The number of carbonyl (C=O) groups is 3. The van der Waals surface area contributed by atoms with Gasteiger partial charge in [0.1, 0.15) is 6.10 Å². The van der Waals surface area contributed by atoms with Crippen molar-refractivity contribution >= 4 is 39.2 Å². The number of benzene rings is 3. The van der Waals surface area contributed by atoms with Crippen molar-refractivity contribution in [2.45, 2.75) is 38.3 Å². The molecule has 3 amide bonds. The highest BCUT2D eigenvalue weighted by molar-refractivity contribution is 7.45. The predicted molar refractivity (Wildman–Crippen MR) is 201 cm³/mol. The average Bonchev–Trinajstić information content (AvgIpc) is 3.10. The fourth-order valence-electron chi connectivity index (χ4n) is 6.00. The lowest BCUT2D eigenvalue weighted by molar-refractivity contribution is -0.123. The van der Waals surface area contributed by atoms with Crippen LogP contribution in [-0.2, 0) is 25.2 Å². The van der Waals surface area contributed by atoms with Gasteiger partial charge in [0.2, 0.25) is 5.91 Å². The molecule has 0 unspecified atom stereocenters. The number of rotatable bonds is 10. The van der Waals surface area contributed by atoms with Gasteiger partial charge in [0.15, 0.2) is 0 Å². The van der Waals surface area contributed by atoms with Gasteiger partial charge in [0.25, 0.3) is 5.91 Å². The summed E-state index contributed by atoms with van der Waals surface area (Å²) >= 11 is 0. The number of likely N-dealkylation sites (N-methyl/N-ethyl adjacent to an activating group) is 1. The average molecular weight is 794 g/mol. The van der Waals surface area contributed by atoms with Crippen molar-refractivity contribution in [1.29, 1.82) is 0 Å². The first-order valence-corrected chi connectivity index (χ1v) is 20.3. The normalized spacial score (nSPS) is 15.8. The van der Waals surface area contributed by atoms with Gasteiger partial charge in [-0.3, -0.25) is 19.8 Å². The molecule has 0 radical (unpaired) electrons. The van der Waals surface area contributed by atoms with Crippen LogP contribution in [0, 0.1) is 5.92 Å². The van der Waals surface area contributed by atoms with Gasteiger partial charge >= 0.3 is 21.7 Å². The molecule has 0 atom stereocenters. The number of piperidine rings is 2. The maximum atomic E-state index is 13.0. The minimum atomic E-state index is -4.64. The fourth-order valence-corrected chi connectivity index (χ4v) is 6.00. The SMILES string of the molecule is CN(CCN1CCC(OC(=O)Nc2ccccc2-c2ccccc2)CC1)C(=O)c1ccc(CN2CCC(C(N)=O)CC2)cc1.O=P(O)(O)O.O=P(O)(O)O. The van der Waals surface area contributed by atoms with Crippen LogP contribution in [0.1, 0.15) is 41.6 Å². The molecule has 2 saturated heterocycles. The molecule has 19 heteroatoms. The first-order valence-electron chi connectivity index (χ1n) is 17.1. The summed E-state index contributed by atoms with van der Waals surface area (Å²) in [7, 11) is -7.44. The Morgan fingerprint density at radius 1 is 0.778 bits per heavy atom. The summed E-state index contributed by atoms with van der Waals surface area (Å²) in [5, 5.41) is 2.93. The van der Waals surface area contributed by atoms with Crippen molar-refractivity contribution in [3.05, 3.63) is 90.0 Å². The largest absolute Gasteiger partial charge is 0.466 e. The summed E-state index contributed by atoms with van der Waals surface area (Å²) in [6.45, 7) is 5.53. The molecule has 54 heavy (non-hydrogen) atoms. The highest BCUT2D eigenvalue weighted by Gasteiger charge is 2.25. The summed E-state index contributed by atoms with van der Waals surface area (Å²) in [5.74, 6) is -0.205. The number of nitrogens with two attached hydrogens (primary N) is 1. The summed E-state index contributed by atoms with van der Waals surface area (Å²) < 4.78 is 23.5. The van der Waals surface area contributed by atoms with Crippen LogP contribution in [0.4, 0.5) is 10.5 Å². The molecule has 0 aromatic heterocycles. The zero-order valence-corrected chi connectivity index (χ0v) is 31.7. The number of hydrogen-bond donors (Lipinski definition) is 8. The number of carbonyl (C=O) groups excluding carboxylic acids is 3. The molecule has 3 aromatic rings. The number of para-hydroxylation sites is 1. The van der Waals surface area contributed by atoms with Gasteiger partial charge < -0.3 is 49.6 Å². The Kier molecular flexibility index (Phi) is 17.4. The van der Waals surface area contributed by atoms with Gasteiger partial charge in [-0.2, -0.15) is 0 Å². The van der Waals surface area contributed by atoms with Crippen molar-refractivity contribution < 1.29 is 57.6 Å². The second-order valence-corrected chi connectivity index (χ2v) is 14.9. The molecule has 5 rings (SSSR count). The van der Waals surface area contributed by atoms with E-state index in [9.17, 15) is 14.4 Å². The third-order valence-electron chi connectivity index (χ3n) is 8.75. The van der Waals surface area contributed by atoms with Crippen LogP contribution in [0.15, 0.2) is 78.9 Å². The second-order valence-electron chi connectivity index (χ2n) is 12.9. The van der Waals surface area contributed by atoms with Gasteiger partial charge in [-0.1, -0.05) is 60.7 Å². The van der Waals surface area contributed by atoms with E-state index in [0.717, 1.165) is 87.3 Å². The number of anilines is 1. The number of amides is 3. The number of primary amides is 1. The molecule has 17 nitrogen and oxygen atoms in total. The molecule has 296 valence electrons. The first kappa shape index (κ1) is 44.4. The summed E-state index contributed by atoms with van der Waals surface area (Å²) in [6.07, 6.45) is 2.56. The maximum Gasteiger partial charge on any atom is 0.466 e. The number of nitrogens with zero attached hydrogens (tertiary/aromatic N) is 3. The maximum absolute atomic E-state index is 13.0. The van der Waals surface area contributed by atoms with Crippen molar-refractivity contribution in [2.24, 2.45) is 11.7 Å². The highest BCUT2D eigenvalue weighted by atomic mass is 31.2. The number of ether oxygens (including phenoxy) is 1. The van der Waals surface area contributed by atoms with E-state index in [1.807, 2.05) is 85.9 Å². The van der Waals surface area contributed by atoms with E-state index in [0.29, 0.717) is 12.1 Å². The van der Waals surface area contributed by atoms with E-state index in [-0.39, 0.29) is 23.8 Å². The van der Waals surface area contributed by atoms with E-state index in [1.165, 1.54) is 0 Å². The lowest BCUT2D eigenvalue weighted by atomic mass is 9.96. The van der Waals surface area contributed by atoms with E-state index >= 15 is 0 Å². The topological polar surface area (TPSA) is 264 Å². The lowest BCUT2D eigenvalue weighted by Crippen LogP contribution is -2.42. The zero-order valence-electron chi connectivity index (χ0n) is 29.9. The van der Waals surface area contributed by atoms with Crippen LogP contribution in [0.3, 0.4) is 0 Å².